The van der Waals surface area contributed by atoms with Crippen molar-refractivity contribution in [1.82, 2.24) is 19.4 Å². The van der Waals surface area contributed by atoms with Gasteiger partial charge in [-0.2, -0.15) is 4.98 Å². The van der Waals surface area contributed by atoms with Crippen LogP contribution in [0, 0.1) is 19.8 Å². The summed E-state index contributed by atoms with van der Waals surface area (Å²) >= 11 is 0. The maximum Gasteiger partial charge on any atom is 0.348 e. The topological polar surface area (TPSA) is 77.3 Å². The van der Waals surface area contributed by atoms with Gasteiger partial charge in [-0.25, -0.2) is 4.79 Å². The number of rotatable bonds is 5. The minimum absolute atomic E-state index is 0.0146. The Hall–Kier alpha value is -2.54. The third-order valence-corrected chi connectivity index (χ3v) is 4.95. The third kappa shape index (κ3) is 3.83. The van der Waals surface area contributed by atoms with E-state index in [1.54, 1.807) is 26.4 Å². The highest BCUT2D eigenvalue weighted by Gasteiger charge is 2.36. The Bertz CT molecular complexity index is 834. The van der Waals surface area contributed by atoms with Crippen LogP contribution >= 0.6 is 0 Å². The van der Waals surface area contributed by atoms with E-state index in [-0.39, 0.29) is 30.0 Å². The number of aromatic nitrogens is 3. The van der Waals surface area contributed by atoms with Gasteiger partial charge < -0.3 is 9.64 Å². The fraction of sp³-hybridized carbons (Fsp3) is 0.474. The molecule has 26 heavy (non-hydrogen) atoms. The molecule has 0 saturated carbocycles. The molecule has 0 bridgehead atoms. The highest BCUT2D eigenvalue weighted by molar-refractivity contribution is 5.76. The molecule has 3 heterocycles. The van der Waals surface area contributed by atoms with E-state index in [0.717, 1.165) is 11.3 Å². The fourth-order valence-electron chi connectivity index (χ4n) is 3.65. The maximum absolute atomic E-state index is 12.8. The predicted octanol–water partition coefficient (Wildman–Crippen LogP) is 1.14. The summed E-state index contributed by atoms with van der Waals surface area (Å²) in [6.45, 7) is 5.43. The van der Waals surface area contributed by atoms with Crippen LogP contribution in [-0.4, -0.2) is 52.1 Å². The van der Waals surface area contributed by atoms with Gasteiger partial charge >= 0.3 is 5.69 Å². The van der Waals surface area contributed by atoms with Crippen molar-refractivity contribution in [3.63, 3.8) is 0 Å². The smallest absolute Gasteiger partial charge is 0.348 e. The lowest BCUT2D eigenvalue weighted by atomic mass is 9.90. The van der Waals surface area contributed by atoms with E-state index in [0.29, 0.717) is 25.4 Å². The maximum atomic E-state index is 12.8. The molecule has 2 atom stereocenters. The number of ether oxygens (including phenoxy) is 1. The Morgan fingerprint density at radius 3 is 2.65 bits per heavy atom. The molecule has 7 nitrogen and oxygen atoms in total. The van der Waals surface area contributed by atoms with E-state index >= 15 is 0 Å². The number of aryl methyl sites for hydroxylation is 2. The van der Waals surface area contributed by atoms with E-state index in [1.807, 2.05) is 30.0 Å². The number of methoxy groups -OCH3 is 1. The largest absolute Gasteiger partial charge is 0.384 e. The molecule has 0 radical (unpaired) electrons. The van der Waals surface area contributed by atoms with Crippen LogP contribution in [-0.2, 0) is 16.1 Å². The normalized spacial score (nSPS) is 19.7. The average molecular weight is 356 g/mol. The van der Waals surface area contributed by atoms with Gasteiger partial charge in [0, 0.05) is 55.8 Å². The Morgan fingerprint density at radius 1 is 1.27 bits per heavy atom. The molecule has 1 aliphatic rings. The molecule has 0 N–H and O–H groups in total. The first-order chi connectivity index (χ1) is 12.5. The van der Waals surface area contributed by atoms with E-state index in [9.17, 15) is 9.59 Å². The van der Waals surface area contributed by atoms with Gasteiger partial charge in [-0.1, -0.05) is 0 Å². The van der Waals surface area contributed by atoms with Crippen molar-refractivity contribution in [1.29, 1.82) is 0 Å². The molecule has 3 rings (SSSR count). The summed E-state index contributed by atoms with van der Waals surface area (Å²) in [5.41, 5.74) is 2.18. The summed E-state index contributed by atoms with van der Waals surface area (Å²) in [7, 11) is 1.68. The molecule has 2 aromatic heterocycles. The van der Waals surface area contributed by atoms with E-state index in [1.165, 1.54) is 4.57 Å². The molecular formula is C19H24N4O3. The monoisotopic (exact) mass is 356 g/mol. The van der Waals surface area contributed by atoms with Crippen LogP contribution in [0.25, 0.3) is 0 Å². The summed E-state index contributed by atoms with van der Waals surface area (Å²) in [6, 6.07) is 5.78. The molecule has 7 heteroatoms. The lowest BCUT2D eigenvalue weighted by Gasteiger charge is -2.18. The standard InChI is InChI=1S/C19H24N4O3/c1-13-8-14(2)23(19(25)21-13)11-18(24)22-9-16(12-26-3)17(10-22)15-4-6-20-7-5-15/h4-8,16-17H,9-12H2,1-3H3. The fourth-order valence-corrected chi connectivity index (χ4v) is 3.65. The number of carbonyl (C=O) groups excluding carboxylic acids is 1. The summed E-state index contributed by atoms with van der Waals surface area (Å²) < 4.78 is 6.79. The molecule has 1 fully saturated rings. The van der Waals surface area contributed by atoms with Crippen LogP contribution in [0.1, 0.15) is 22.9 Å². The molecule has 138 valence electrons. The first-order valence-corrected chi connectivity index (χ1v) is 8.71. The van der Waals surface area contributed by atoms with Gasteiger partial charge in [-0.3, -0.25) is 14.3 Å². The van der Waals surface area contributed by atoms with Gasteiger partial charge in [-0.15, -0.1) is 0 Å². The van der Waals surface area contributed by atoms with Crippen molar-refractivity contribution in [2.24, 2.45) is 5.92 Å². The number of pyridine rings is 1. The molecular weight excluding hydrogens is 332 g/mol. The minimum atomic E-state index is -0.380. The van der Waals surface area contributed by atoms with Crippen LogP contribution in [0.4, 0.5) is 0 Å². The van der Waals surface area contributed by atoms with Crippen molar-refractivity contribution in [2.45, 2.75) is 26.3 Å². The third-order valence-electron chi connectivity index (χ3n) is 4.95. The van der Waals surface area contributed by atoms with Crippen molar-refractivity contribution < 1.29 is 9.53 Å². The molecule has 2 aromatic rings. The molecule has 1 aliphatic heterocycles. The SMILES string of the molecule is COCC1CN(C(=O)Cn2c(C)cc(C)nc2=O)CC1c1ccncc1. The molecule has 1 amide bonds. The second-order valence-electron chi connectivity index (χ2n) is 6.81. The van der Waals surface area contributed by atoms with Crippen molar-refractivity contribution in [3.8, 4) is 0 Å². The average Bonchev–Trinajstić information content (AvgIpc) is 3.03. The number of carbonyl (C=O) groups is 1. The highest BCUT2D eigenvalue weighted by Crippen LogP contribution is 2.32. The predicted molar refractivity (Wildman–Crippen MR) is 96.9 cm³/mol. The first kappa shape index (κ1) is 18.3. The minimum Gasteiger partial charge on any atom is -0.384 e. The van der Waals surface area contributed by atoms with Gasteiger partial charge in [0.1, 0.15) is 6.54 Å². The van der Waals surface area contributed by atoms with Crippen molar-refractivity contribution >= 4 is 5.91 Å². The Labute approximate surface area is 152 Å². The zero-order valence-electron chi connectivity index (χ0n) is 15.4. The second-order valence-corrected chi connectivity index (χ2v) is 6.81. The van der Waals surface area contributed by atoms with Crippen LogP contribution in [0.3, 0.4) is 0 Å². The van der Waals surface area contributed by atoms with Gasteiger partial charge in [0.2, 0.25) is 5.91 Å². The summed E-state index contributed by atoms with van der Waals surface area (Å²) in [5, 5.41) is 0. The number of hydrogen-bond acceptors (Lipinski definition) is 5. The summed E-state index contributed by atoms with van der Waals surface area (Å²) in [4.78, 5) is 34.8. The molecule has 2 unspecified atom stereocenters. The van der Waals surface area contributed by atoms with Crippen LogP contribution in [0.15, 0.2) is 35.4 Å². The Morgan fingerprint density at radius 2 is 2.00 bits per heavy atom. The summed E-state index contributed by atoms with van der Waals surface area (Å²) in [6.07, 6.45) is 3.54. The number of likely N-dealkylation sites (tertiary alicyclic amines) is 1. The van der Waals surface area contributed by atoms with Crippen molar-refractivity contribution in [3.05, 3.63) is 58.0 Å². The molecule has 0 spiro atoms. The zero-order chi connectivity index (χ0) is 18.7. The zero-order valence-corrected chi connectivity index (χ0v) is 15.4. The quantitative estimate of drug-likeness (QED) is 0.803. The Kier molecular flexibility index (Phi) is 5.46. The second kappa shape index (κ2) is 7.78. The summed E-state index contributed by atoms with van der Waals surface area (Å²) in [5.74, 6) is 0.356. The first-order valence-electron chi connectivity index (χ1n) is 8.71. The van der Waals surface area contributed by atoms with Gasteiger partial charge in [0.15, 0.2) is 0 Å². The molecule has 0 aliphatic carbocycles. The van der Waals surface area contributed by atoms with Gasteiger partial charge in [-0.05, 0) is 37.6 Å². The lowest BCUT2D eigenvalue weighted by molar-refractivity contribution is -0.131. The van der Waals surface area contributed by atoms with E-state index in [4.69, 9.17) is 4.74 Å². The van der Waals surface area contributed by atoms with Gasteiger partial charge in [0.05, 0.1) is 6.61 Å². The molecule has 1 saturated heterocycles. The molecule has 0 aromatic carbocycles. The van der Waals surface area contributed by atoms with E-state index in [2.05, 4.69) is 9.97 Å². The Balaban J connectivity index is 1.77. The van der Waals surface area contributed by atoms with Crippen molar-refractivity contribution in [2.75, 3.05) is 26.8 Å². The number of hydrogen-bond donors (Lipinski definition) is 0. The highest BCUT2D eigenvalue weighted by atomic mass is 16.5. The van der Waals surface area contributed by atoms with Gasteiger partial charge in [0.25, 0.3) is 0 Å². The van der Waals surface area contributed by atoms with Crippen LogP contribution < -0.4 is 5.69 Å². The lowest BCUT2D eigenvalue weighted by Crippen LogP contribution is -2.37. The van der Waals surface area contributed by atoms with E-state index < -0.39 is 0 Å². The number of nitrogens with zero attached hydrogens (tertiary/aromatic N) is 4. The number of amides is 1. The van der Waals surface area contributed by atoms with Crippen LogP contribution in [0.2, 0.25) is 0 Å². The van der Waals surface area contributed by atoms with Crippen LogP contribution in [0.5, 0.6) is 0 Å².